The molecular formula is C36H55N7O7S. The third kappa shape index (κ3) is 9.34. The summed E-state index contributed by atoms with van der Waals surface area (Å²) in [4.78, 5) is 73.0. The standard InChI is InChI=1S/C36H55N7O7S/c1-8-17-38-32(46)29(44)26(9-2)39-31(45)28-25-19-23(25)21-43(28)33(47)30(36(6)15-11-10-12-16-36)41-34(48)40-27(35(3,4)5)22-42(7)51(49,50)24-14-13-18-37-20-24/h8,13-14,18,20,23,25-28,30H,1,9-12,15-17,19,21-22H2,2-7H3,(H,38,46)(H,39,45)(H2,40,41,48)/t23-,25-,26?,27+,28-,30+/m0/s1. The number of sulfonamides is 1. The van der Waals surface area contributed by atoms with Crippen LogP contribution < -0.4 is 21.3 Å². The van der Waals surface area contributed by atoms with E-state index in [0.717, 1.165) is 25.7 Å². The number of urea groups is 1. The molecule has 51 heavy (non-hydrogen) atoms. The molecular weight excluding hydrogens is 675 g/mol. The Morgan fingerprint density at radius 1 is 1.12 bits per heavy atom. The zero-order valence-electron chi connectivity index (χ0n) is 30.7. The number of carbonyl (C=O) groups is 5. The van der Waals surface area contributed by atoms with Gasteiger partial charge in [-0.05, 0) is 60.5 Å². The second-order valence-corrected chi connectivity index (χ2v) is 17.6. The molecule has 4 rings (SSSR count). The third-order valence-corrected chi connectivity index (χ3v) is 12.5. The second-order valence-electron chi connectivity index (χ2n) is 15.6. The first kappa shape index (κ1) is 39.9. The summed E-state index contributed by atoms with van der Waals surface area (Å²) < 4.78 is 27.8. The van der Waals surface area contributed by atoms with Crippen molar-refractivity contribution in [2.24, 2.45) is 22.7 Å². The number of carbonyl (C=O) groups excluding carboxylic acids is 5. The fraction of sp³-hybridized carbons (Fsp3) is 0.667. The number of likely N-dealkylation sites (N-methyl/N-ethyl adjacent to an activating group) is 1. The van der Waals surface area contributed by atoms with Crippen molar-refractivity contribution in [3.8, 4) is 0 Å². The average Bonchev–Trinajstić information content (AvgIpc) is 3.75. The largest absolute Gasteiger partial charge is 0.346 e. The van der Waals surface area contributed by atoms with E-state index in [9.17, 15) is 32.4 Å². The number of pyridine rings is 1. The van der Waals surface area contributed by atoms with Gasteiger partial charge in [0.2, 0.25) is 27.6 Å². The molecule has 0 aromatic carbocycles. The van der Waals surface area contributed by atoms with Gasteiger partial charge < -0.3 is 26.2 Å². The number of amides is 5. The Morgan fingerprint density at radius 3 is 2.39 bits per heavy atom. The number of likely N-dealkylation sites (tertiary alicyclic amines) is 1. The van der Waals surface area contributed by atoms with E-state index in [1.807, 2.05) is 27.7 Å². The Hall–Kier alpha value is -3.85. The van der Waals surface area contributed by atoms with Gasteiger partial charge in [-0.2, -0.15) is 4.31 Å². The molecule has 1 aliphatic heterocycles. The Bertz CT molecular complexity index is 1570. The highest BCUT2D eigenvalue weighted by Crippen LogP contribution is 2.50. The van der Waals surface area contributed by atoms with Crippen LogP contribution in [0.3, 0.4) is 0 Å². The number of nitrogens with zero attached hydrogens (tertiary/aromatic N) is 3. The van der Waals surface area contributed by atoms with Crippen LogP contribution in [0.4, 0.5) is 4.79 Å². The summed E-state index contributed by atoms with van der Waals surface area (Å²) in [6.45, 7) is 13.3. The summed E-state index contributed by atoms with van der Waals surface area (Å²) in [5.74, 6) is -2.39. The molecule has 0 bridgehead atoms. The first-order chi connectivity index (χ1) is 23.9. The van der Waals surface area contributed by atoms with Gasteiger partial charge in [0.05, 0.1) is 6.04 Å². The van der Waals surface area contributed by atoms with Crippen LogP contribution in [0.25, 0.3) is 0 Å². The highest BCUT2D eigenvalue weighted by Gasteiger charge is 2.59. The SMILES string of the molecule is C=CCNC(=O)C(=O)C(CC)NC(=O)[C@@H]1[C@H]2C[C@H]2CN1C(=O)[C@@H](NC(=O)N[C@H](CN(C)S(=O)(=O)c1cccnc1)C(C)(C)C)C1(C)CCCCC1. The molecule has 1 saturated heterocycles. The Labute approximate surface area is 302 Å². The van der Waals surface area contributed by atoms with Crippen molar-refractivity contribution in [3.05, 3.63) is 37.2 Å². The predicted molar refractivity (Wildman–Crippen MR) is 191 cm³/mol. The van der Waals surface area contributed by atoms with E-state index < -0.39 is 68.6 Å². The maximum Gasteiger partial charge on any atom is 0.315 e. The molecule has 4 N–H and O–H groups in total. The molecule has 2 saturated carbocycles. The molecule has 3 aliphatic rings. The van der Waals surface area contributed by atoms with Crippen LogP contribution in [0, 0.1) is 22.7 Å². The van der Waals surface area contributed by atoms with Crippen molar-refractivity contribution in [3.63, 3.8) is 0 Å². The smallest absolute Gasteiger partial charge is 0.315 e. The lowest BCUT2D eigenvalue weighted by Crippen LogP contribution is -2.63. The quantitative estimate of drug-likeness (QED) is 0.157. The zero-order chi connectivity index (χ0) is 37.7. The average molecular weight is 730 g/mol. The van der Waals surface area contributed by atoms with Crippen LogP contribution >= 0.6 is 0 Å². The lowest BCUT2D eigenvalue weighted by atomic mass is 9.70. The van der Waals surface area contributed by atoms with Gasteiger partial charge in [0.15, 0.2) is 0 Å². The minimum atomic E-state index is -3.89. The van der Waals surface area contributed by atoms with Gasteiger partial charge in [-0.1, -0.05) is 60.0 Å². The molecule has 0 radical (unpaired) electrons. The van der Waals surface area contributed by atoms with E-state index >= 15 is 0 Å². The number of nitrogens with one attached hydrogen (secondary N) is 4. The maximum atomic E-state index is 14.6. The van der Waals surface area contributed by atoms with Crippen molar-refractivity contribution >= 4 is 39.6 Å². The van der Waals surface area contributed by atoms with Crippen molar-refractivity contribution < 1.29 is 32.4 Å². The maximum absolute atomic E-state index is 14.6. The molecule has 15 heteroatoms. The number of hydrogen-bond acceptors (Lipinski definition) is 8. The van der Waals surface area contributed by atoms with Crippen molar-refractivity contribution in [2.45, 2.75) is 109 Å². The van der Waals surface area contributed by atoms with E-state index in [-0.39, 0.29) is 42.1 Å². The van der Waals surface area contributed by atoms with Crippen LogP contribution in [0.15, 0.2) is 42.1 Å². The highest BCUT2D eigenvalue weighted by atomic mass is 32.2. The summed E-state index contributed by atoms with van der Waals surface area (Å²) in [7, 11) is -2.44. The van der Waals surface area contributed by atoms with Crippen LogP contribution in [-0.4, -0.2) is 103 Å². The van der Waals surface area contributed by atoms with E-state index in [2.05, 4.69) is 32.8 Å². The first-order valence-corrected chi connectivity index (χ1v) is 19.4. The number of Topliss-reactive ketones (excluding diaryl/α,β-unsaturated/α-hetero) is 1. The Kier molecular flexibility index (Phi) is 12.7. The van der Waals surface area contributed by atoms with Crippen LogP contribution in [0.2, 0.25) is 0 Å². The molecule has 2 aliphatic carbocycles. The fourth-order valence-corrected chi connectivity index (χ4v) is 8.45. The molecule has 0 spiro atoms. The monoisotopic (exact) mass is 729 g/mol. The predicted octanol–water partition coefficient (Wildman–Crippen LogP) is 2.37. The molecule has 6 atom stereocenters. The lowest BCUT2D eigenvalue weighted by molar-refractivity contribution is -0.145. The summed E-state index contributed by atoms with van der Waals surface area (Å²) in [5, 5.41) is 11.1. The van der Waals surface area contributed by atoms with Gasteiger partial charge in [0, 0.05) is 45.1 Å². The molecule has 282 valence electrons. The van der Waals surface area contributed by atoms with Crippen molar-refractivity contribution in [1.82, 2.24) is 35.5 Å². The minimum Gasteiger partial charge on any atom is -0.346 e. The van der Waals surface area contributed by atoms with E-state index in [4.69, 9.17) is 0 Å². The first-order valence-electron chi connectivity index (χ1n) is 17.9. The number of rotatable bonds is 15. The van der Waals surface area contributed by atoms with E-state index in [1.54, 1.807) is 17.9 Å². The van der Waals surface area contributed by atoms with Gasteiger partial charge in [0.1, 0.15) is 17.0 Å². The lowest BCUT2D eigenvalue weighted by Gasteiger charge is -2.43. The molecule has 5 amide bonds. The molecule has 3 fully saturated rings. The van der Waals surface area contributed by atoms with Gasteiger partial charge in [-0.3, -0.25) is 24.2 Å². The second kappa shape index (κ2) is 16.2. The summed E-state index contributed by atoms with van der Waals surface area (Å²) in [6.07, 6.45) is 9.35. The Balaban J connectivity index is 1.53. The van der Waals surface area contributed by atoms with Crippen LogP contribution in [0.5, 0.6) is 0 Å². The number of fused-ring (bicyclic) bond motifs is 1. The van der Waals surface area contributed by atoms with E-state index in [1.165, 1.54) is 35.9 Å². The van der Waals surface area contributed by atoms with Crippen molar-refractivity contribution in [1.29, 1.82) is 0 Å². The summed E-state index contributed by atoms with van der Waals surface area (Å²) >= 11 is 0. The topological polar surface area (TPSA) is 187 Å². The molecule has 14 nitrogen and oxygen atoms in total. The van der Waals surface area contributed by atoms with Crippen LogP contribution in [0.1, 0.15) is 79.6 Å². The third-order valence-electron chi connectivity index (χ3n) is 10.7. The summed E-state index contributed by atoms with van der Waals surface area (Å²) in [6, 6.07) is -1.11. The minimum absolute atomic E-state index is 0.0355. The van der Waals surface area contributed by atoms with Gasteiger partial charge >= 0.3 is 6.03 Å². The van der Waals surface area contributed by atoms with Crippen molar-refractivity contribution in [2.75, 3.05) is 26.7 Å². The molecule has 1 unspecified atom stereocenters. The number of aromatic nitrogens is 1. The zero-order valence-corrected chi connectivity index (χ0v) is 31.6. The Morgan fingerprint density at radius 2 is 1.80 bits per heavy atom. The molecule has 2 heterocycles. The van der Waals surface area contributed by atoms with Gasteiger partial charge in [-0.15, -0.1) is 6.58 Å². The number of hydrogen-bond donors (Lipinski definition) is 4. The van der Waals surface area contributed by atoms with E-state index in [0.29, 0.717) is 19.4 Å². The van der Waals surface area contributed by atoms with Crippen LogP contribution in [-0.2, 0) is 29.2 Å². The number of ketones is 1. The summed E-state index contributed by atoms with van der Waals surface area (Å²) in [5.41, 5.74) is -1.16. The number of piperidine rings is 1. The van der Waals surface area contributed by atoms with Gasteiger partial charge in [-0.25, -0.2) is 13.2 Å². The fourth-order valence-electron chi connectivity index (χ4n) is 7.30. The highest BCUT2D eigenvalue weighted by molar-refractivity contribution is 7.89. The van der Waals surface area contributed by atoms with Gasteiger partial charge in [0.25, 0.3) is 5.91 Å². The normalized spacial score (nSPS) is 22.9. The molecule has 1 aromatic rings. The molecule has 1 aromatic heterocycles.